The lowest BCUT2D eigenvalue weighted by Crippen LogP contribution is -2.65. The van der Waals surface area contributed by atoms with Gasteiger partial charge in [0.05, 0.1) is 18.2 Å². The summed E-state index contributed by atoms with van der Waals surface area (Å²) in [6.07, 6.45) is 0.247. The van der Waals surface area contributed by atoms with Gasteiger partial charge < -0.3 is 30.9 Å². The summed E-state index contributed by atoms with van der Waals surface area (Å²) in [6, 6.07) is 9.64. The molecule has 0 bridgehead atoms. The molecule has 4 atom stereocenters. The van der Waals surface area contributed by atoms with Crippen molar-refractivity contribution in [2.24, 2.45) is 17.6 Å². The van der Waals surface area contributed by atoms with Gasteiger partial charge in [-0.05, 0) is 67.2 Å². The molecule has 0 aromatic heterocycles. The van der Waals surface area contributed by atoms with Gasteiger partial charge in [0.25, 0.3) is 5.91 Å². The van der Waals surface area contributed by atoms with E-state index in [1.807, 2.05) is 24.3 Å². The molecule has 0 unspecified atom stereocenters. The van der Waals surface area contributed by atoms with Gasteiger partial charge in [0, 0.05) is 18.6 Å². The van der Waals surface area contributed by atoms with E-state index in [1.54, 1.807) is 27.3 Å². The number of ether oxygens (including phenoxy) is 1. The standard InChI is InChI=1S/C29H30N2O8/c1-31(2)23-18-11-15-10-17-16(14-6-4-5-13(9-14)12-39-3)7-8-19(32)21(17)24(33)20(15)26(35)29(18,38)27(36)22(25(23)34)28(30)37/h4-9,15,18,23,32-33,36,38H,10-12H2,1-3H3,(H2,30,37)/t15-,18-,23-,29-/m1/s1. The fourth-order valence-electron chi connectivity index (χ4n) is 6.51. The Balaban J connectivity index is 1.72. The highest BCUT2D eigenvalue weighted by molar-refractivity contribution is 6.24. The zero-order valence-electron chi connectivity index (χ0n) is 21.8. The van der Waals surface area contributed by atoms with E-state index in [2.05, 4.69) is 0 Å². The molecule has 0 saturated heterocycles. The first-order valence-electron chi connectivity index (χ1n) is 12.5. The van der Waals surface area contributed by atoms with Crippen LogP contribution in [-0.2, 0) is 32.1 Å². The van der Waals surface area contributed by atoms with E-state index in [1.165, 1.54) is 11.0 Å². The fraction of sp³-hybridized carbons (Fsp3) is 0.345. The summed E-state index contributed by atoms with van der Waals surface area (Å²) in [5.41, 5.74) is 4.83. The van der Waals surface area contributed by atoms with Crippen LogP contribution in [0.15, 0.2) is 53.3 Å². The van der Waals surface area contributed by atoms with Crippen LogP contribution in [0.5, 0.6) is 5.75 Å². The first-order valence-corrected chi connectivity index (χ1v) is 12.5. The van der Waals surface area contributed by atoms with E-state index in [0.29, 0.717) is 12.2 Å². The first-order chi connectivity index (χ1) is 18.4. The third kappa shape index (κ3) is 3.78. The monoisotopic (exact) mass is 534 g/mol. The van der Waals surface area contributed by atoms with Crippen LogP contribution < -0.4 is 5.73 Å². The van der Waals surface area contributed by atoms with Gasteiger partial charge in [0.2, 0.25) is 5.78 Å². The zero-order valence-corrected chi connectivity index (χ0v) is 21.8. The van der Waals surface area contributed by atoms with Gasteiger partial charge in [-0.3, -0.25) is 19.3 Å². The molecule has 0 radical (unpaired) electrons. The van der Waals surface area contributed by atoms with Crippen molar-refractivity contribution in [1.29, 1.82) is 0 Å². The van der Waals surface area contributed by atoms with Crippen molar-refractivity contribution in [3.8, 4) is 16.9 Å². The lowest BCUT2D eigenvalue weighted by atomic mass is 9.57. The predicted molar refractivity (Wildman–Crippen MR) is 140 cm³/mol. The number of phenolic OH excluding ortho intramolecular Hbond substituents is 1. The maximum absolute atomic E-state index is 13.9. The van der Waals surface area contributed by atoms with Crippen LogP contribution >= 0.6 is 0 Å². The molecule has 2 aromatic carbocycles. The Morgan fingerprint density at radius 1 is 1.15 bits per heavy atom. The Kier molecular flexibility index (Phi) is 6.37. The number of Topliss-reactive ketones (excluding diaryl/α,β-unsaturated/α-hetero) is 2. The summed E-state index contributed by atoms with van der Waals surface area (Å²) in [5.74, 6) is -6.72. The maximum Gasteiger partial charge on any atom is 0.255 e. The summed E-state index contributed by atoms with van der Waals surface area (Å²) in [4.78, 5) is 40.7. The highest BCUT2D eigenvalue weighted by Gasteiger charge is 2.64. The van der Waals surface area contributed by atoms with Crippen molar-refractivity contribution in [2.75, 3.05) is 21.2 Å². The Bertz CT molecular complexity index is 1490. The molecule has 0 spiro atoms. The number of phenols is 1. The lowest BCUT2D eigenvalue weighted by molar-refractivity contribution is -0.153. The number of benzene rings is 2. The number of likely N-dealkylation sites (N-methyl/N-ethyl adjacent to an activating group) is 1. The number of ketones is 2. The molecule has 5 rings (SSSR count). The van der Waals surface area contributed by atoms with Gasteiger partial charge in [-0.25, -0.2) is 0 Å². The summed E-state index contributed by atoms with van der Waals surface area (Å²) in [5, 5.41) is 44.8. The average Bonchev–Trinajstić information content (AvgIpc) is 2.86. The number of amides is 1. The van der Waals surface area contributed by atoms with Gasteiger partial charge in [-0.1, -0.05) is 24.3 Å². The van der Waals surface area contributed by atoms with E-state index in [4.69, 9.17) is 10.5 Å². The van der Waals surface area contributed by atoms with Crippen LogP contribution in [0.1, 0.15) is 23.1 Å². The van der Waals surface area contributed by atoms with Crippen molar-refractivity contribution < 1.29 is 39.5 Å². The Morgan fingerprint density at radius 2 is 1.87 bits per heavy atom. The van der Waals surface area contributed by atoms with Crippen molar-refractivity contribution in [1.82, 2.24) is 4.90 Å². The second-order valence-corrected chi connectivity index (χ2v) is 10.6. The summed E-state index contributed by atoms with van der Waals surface area (Å²) in [6.45, 7) is 0.394. The minimum atomic E-state index is -2.66. The molecule has 10 nitrogen and oxygen atoms in total. The molecule has 0 aliphatic heterocycles. The zero-order chi connectivity index (χ0) is 28.4. The van der Waals surface area contributed by atoms with E-state index in [0.717, 1.165) is 16.7 Å². The van der Waals surface area contributed by atoms with E-state index in [-0.39, 0.29) is 29.7 Å². The van der Waals surface area contributed by atoms with E-state index >= 15 is 0 Å². The molecule has 39 heavy (non-hydrogen) atoms. The fourth-order valence-corrected chi connectivity index (χ4v) is 6.51. The molecule has 3 aliphatic rings. The Hall–Kier alpha value is -3.99. The number of nitrogens with two attached hydrogens (primary N) is 1. The molecule has 2 aromatic rings. The summed E-state index contributed by atoms with van der Waals surface area (Å²) < 4.78 is 5.25. The Morgan fingerprint density at radius 3 is 2.51 bits per heavy atom. The topological polar surface area (TPSA) is 171 Å². The van der Waals surface area contributed by atoms with Crippen LogP contribution in [0.2, 0.25) is 0 Å². The van der Waals surface area contributed by atoms with Gasteiger partial charge >= 0.3 is 0 Å². The van der Waals surface area contributed by atoms with Gasteiger partial charge in [0.1, 0.15) is 22.8 Å². The van der Waals surface area contributed by atoms with Crippen molar-refractivity contribution in [3.63, 3.8) is 0 Å². The van der Waals surface area contributed by atoms with Gasteiger partial charge in [0.15, 0.2) is 11.4 Å². The number of fused-ring (bicyclic) bond motifs is 3. The minimum Gasteiger partial charge on any atom is -0.508 e. The van der Waals surface area contributed by atoms with Gasteiger partial charge in [-0.15, -0.1) is 0 Å². The SMILES string of the molecule is COCc1cccc(-c2ccc(O)c3c2C[C@@H]2C[C@@H]4[C@@H](N(C)C)C(=O)C(C(N)=O)=C(O)[C@]4(O)C(=O)C2=C3O)c1. The number of hydrogen-bond acceptors (Lipinski definition) is 9. The largest absolute Gasteiger partial charge is 0.508 e. The summed E-state index contributed by atoms with van der Waals surface area (Å²) in [7, 11) is 4.73. The highest BCUT2D eigenvalue weighted by atomic mass is 16.5. The molecule has 204 valence electrons. The number of aliphatic hydroxyl groups excluding tert-OH is 2. The summed E-state index contributed by atoms with van der Waals surface area (Å²) >= 11 is 0. The first kappa shape index (κ1) is 26.6. The number of carbonyl (C=O) groups excluding carboxylic acids is 3. The van der Waals surface area contributed by atoms with Crippen LogP contribution in [0.3, 0.4) is 0 Å². The van der Waals surface area contributed by atoms with Crippen LogP contribution in [0.4, 0.5) is 0 Å². The molecular weight excluding hydrogens is 504 g/mol. The number of nitrogens with zero attached hydrogens (tertiary/aromatic N) is 1. The van der Waals surface area contributed by atoms with E-state index in [9.17, 15) is 34.8 Å². The quantitative estimate of drug-likeness (QED) is 0.359. The maximum atomic E-state index is 13.9. The molecule has 1 amide bonds. The molecule has 1 fully saturated rings. The molecular formula is C29H30N2O8. The van der Waals surface area contributed by atoms with Crippen molar-refractivity contribution in [3.05, 3.63) is 70.0 Å². The van der Waals surface area contributed by atoms with E-state index < -0.39 is 58.0 Å². The minimum absolute atomic E-state index is 0.0323. The third-order valence-electron chi connectivity index (χ3n) is 8.15. The number of methoxy groups -OCH3 is 1. The predicted octanol–water partition coefficient (Wildman–Crippen LogP) is 1.78. The second-order valence-electron chi connectivity index (χ2n) is 10.6. The number of hydrogen-bond donors (Lipinski definition) is 5. The average molecular weight is 535 g/mol. The van der Waals surface area contributed by atoms with Gasteiger partial charge in [-0.2, -0.15) is 0 Å². The molecule has 10 heteroatoms. The third-order valence-corrected chi connectivity index (χ3v) is 8.15. The number of aliphatic hydroxyl groups is 3. The number of aromatic hydroxyl groups is 1. The van der Waals surface area contributed by atoms with Crippen LogP contribution in [0, 0.1) is 11.8 Å². The molecule has 6 N–H and O–H groups in total. The number of primary amides is 1. The molecule has 0 heterocycles. The molecule has 1 saturated carbocycles. The highest BCUT2D eigenvalue weighted by Crippen LogP contribution is 2.53. The molecule has 3 aliphatic carbocycles. The van der Waals surface area contributed by atoms with Crippen LogP contribution in [-0.4, -0.2) is 75.6 Å². The second kappa shape index (κ2) is 9.33. The smallest absolute Gasteiger partial charge is 0.255 e. The van der Waals surface area contributed by atoms with Crippen molar-refractivity contribution >= 4 is 23.2 Å². The lowest BCUT2D eigenvalue weighted by Gasteiger charge is -2.50. The van der Waals surface area contributed by atoms with Crippen molar-refractivity contribution in [2.45, 2.75) is 31.1 Å². The Labute approximate surface area is 224 Å². The normalized spacial score (nSPS) is 26.4. The number of rotatable bonds is 5. The van der Waals surface area contributed by atoms with Crippen LogP contribution in [0.25, 0.3) is 16.9 Å². The number of carbonyl (C=O) groups is 3.